The van der Waals surface area contributed by atoms with Gasteiger partial charge in [-0.2, -0.15) is 0 Å². The lowest BCUT2D eigenvalue weighted by Gasteiger charge is -2.18. The van der Waals surface area contributed by atoms with Crippen LogP contribution in [-0.2, 0) is 4.79 Å². The standard InChI is InChI=1S/C26H23N3O4/c1-33-21-12-10-19(11-13-21)23(24-17-27-25-8-3-2-7-22(24)25)16-28-26(30)14-9-18-5-4-6-20(15-18)29(31)32/h2-15,17,23,27H,16H2,1H3,(H,28,30)/b14-9+. The number of non-ortho nitro benzene ring substituents is 1. The number of fused-ring (bicyclic) bond motifs is 1. The van der Waals surface area contributed by atoms with Gasteiger partial charge in [0.05, 0.1) is 12.0 Å². The highest BCUT2D eigenvalue weighted by atomic mass is 16.6. The second-order valence-corrected chi connectivity index (χ2v) is 7.55. The molecule has 166 valence electrons. The number of nitrogens with zero attached hydrogens (tertiary/aromatic N) is 1. The second-order valence-electron chi connectivity index (χ2n) is 7.55. The molecule has 0 aliphatic heterocycles. The highest BCUT2D eigenvalue weighted by molar-refractivity contribution is 5.92. The van der Waals surface area contributed by atoms with Crippen molar-refractivity contribution >= 4 is 28.6 Å². The van der Waals surface area contributed by atoms with E-state index in [9.17, 15) is 14.9 Å². The van der Waals surface area contributed by atoms with Crippen LogP contribution in [0.5, 0.6) is 5.75 Å². The van der Waals surface area contributed by atoms with Crippen LogP contribution in [0.15, 0.2) is 85.1 Å². The van der Waals surface area contributed by atoms with Gasteiger partial charge in [-0.25, -0.2) is 0 Å². The summed E-state index contributed by atoms with van der Waals surface area (Å²) < 4.78 is 5.28. The van der Waals surface area contributed by atoms with Gasteiger partial charge in [0.25, 0.3) is 5.69 Å². The zero-order valence-corrected chi connectivity index (χ0v) is 18.0. The molecule has 7 heteroatoms. The van der Waals surface area contributed by atoms with Gasteiger partial charge in [0.15, 0.2) is 0 Å². The first-order valence-corrected chi connectivity index (χ1v) is 10.5. The van der Waals surface area contributed by atoms with Crippen LogP contribution in [0, 0.1) is 10.1 Å². The van der Waals surface area contributed by atoms with E-state index in [2.05, 4.69) is 16.4 Å². The Labute approximate surface area is 190 Å². The van der Waals surface area contributed by atoms with E-state index < -0.39 is 4.92 Å². The third kappa shape index (κ3) is 5.10. The first-order valence-electron chi connectivity index (χ1n) is 10.5. The fraction of sp³-hybridized carbons (Fsp3) is 0.115. The Hall–Kier alpha value is -4.39. The number of aromatic amines is 1. The van der Waals surface area contributed by atoms with E-state index in [1.165, 1.54) is 18.2 Å². The zero-order valence-electron chi connectivity index (χ0n) is 18.0. The fourth-order valence-corrected chi connectivity index (χ4v) is 3.80. The molecule has 0 spiro atoms. The molecule has 7 nitrogen and oxygen atoms in total. The largest absolute Gasteiger partial charge is 0.497 e. The SMILES string of the molecule is COc1ccc(C(CNC(=O)/C=C/c2cccc([N+](=O)[O-])c2)c2c[nH]c3ccccc23)cc1. The Morgan fingerprint density at radius 2 is 1.91 bits per heavy atom. The highest BCUT2D eigenvalue weighted by Gasteiger charge is 2.19. The molecule has 4 aromatic rings. The lowest BCUT2D eigenvalue weighted by Crippen LogP contribution is -2.27. The lowest BCUT2D eigenvalue weighted by atomic mass is 9.90. The van der Waals surface area contributed by atoms with Gasteiger partial charge in [-0.3, -0.25) is 14.9 Å². The van der Waals surface area contributed by atoms with Crippen LogP contribution in [0.2, 0.25) is 0 Å². The van der Waals surface area contributed by atoms with E-state index in [4.69, 9.17) is 4.74 Å². The van der Waals surface area contributed by atoms with Gasteiger partial charge in [0, 0.05) is 47.8 Å². The molecule has 0 aliphatic carbocycles. The van der Waals surface area contributed by atoms with Crippen LogP contribution in [-0.4, -0.2) is 29.5 Å². The van der Waals surface area contributed by atoms with E-state index in [0.29, 0.717) is 12.1 Å². The monoisotopic (exact) mass is 441 g/mol. The minimum Gasteiger partial charge on any atom is -0.497 e. The zero-order chi connectivity index (χ0) is 23.2. The molecule has 1 heterocycles. The number of nitro benzene ring substituents is 1. The Morgan fingerprint density at radius 1 is 1.12 bits per heavy atom. The van der Waals surface area contributed by atoms with Crippen molar-refractivity contribution < 1.29 is 14.5 Å². The lowest BCUT2D eigenvalue weighted by molar-refractivity contribution is -0.384. The van der Waals surface area contributed by atoms with Gasteiger partial charge in [-0.05, 0) is 41.0 Å². The van der Waals surface area contributed by atoms with E-state index >= 15 is 0 Å². The number of amides is 1. The van der Waals surface area contributed by atoms with Gasteiger partial charge in [-0.1, -0.05) is 42.5 Å². The van der Waals surface area contributed by atoms with Crippen LogP contribution in [0.4, 0.5) is 5.69 Å². The molecule has 0 saturated heterocycles. The van der Waals surface area contributed by atoms with Crippen molar-refractivity contribution in [2.45, 2.75) is 5.92 Å². The maximum atomic E-state index is 12.5. The molecule has 3 aromatic carbocycles. The quantitative estimate of drug-likeness (QED) is 0.227. The Bertz CT molecular complexity index is 1310. The second kappa shape index (κ2) is 9.82. The topological polar surface area (TPSA) is 97.3 Å². The van der Waals surface area contributed by atoms with Gasteiger partial charge < -0.3 is 15.0 Å². The summed E-state index contributed by atoms with van der Waals surface area (Å²) in [4.78, 5) is 26.3. The number of nitro groups is 1. The van der Waals surface area contributed by atoms with Crippen LogP contribution in [0.1, 0.15) is 22.6 Å². The van der Waals surface area contributed by atoms with E-state index in [-0.39, 0.29) is 17.5 Å². The van der Waals surface area contributed by atoms with Gasteiger partial charge in [0.1, 0.15) is 5.75 Å². The molecule has 1 amide bonds. The molecule has 2 N–H and O–H groups in total. The van der Waals surface area contributed by atoms with Crippen molar-refractivity contribution in [3.8, 4) is 5.75 Å². The molecule has 0 radical (unpaired) electrons. The maximum Gasteiger partial charge on any atom is 0.270 e. The van der Waals surface area contributed by atoms with E-state index in [0.717, 1.165) is 27.8 Å². The first-order chi connectivity index (χ1) is 16.0. The third-order valence-electron chi connectivity index (χ3n) is 5.50. The summed E-state index contributed by atoms with van der Waals surface area (Å²) in [6.45, 7) is 0.381. The predicted octanol–water partition coefficient (Wildman–Crippen LogP) is 5.05. The van der Waals surface area contributed by atoms with Crippen LogP contribution < -0.4 is 10.1 Å². The Kier molecular flexibility index (Phi) is 6.50. The Balaban J connectivity index is 1.54. The van der Waals surface area contributed by atoms with E-state index in [1.807, 2.05) is 48.7 Å². The number of hydrogen-bond acceptors (Lipinski definition) is 4. The van der Waals surface area contributed by atoms with Crippen molar-refractivity contribution in [2.75, 3.05) is 13.7 Å². The van der Waals surface area contributed by atoms with Gasteiger partial charge in [-0.15, -0.1) is 0 Å². The third-order valence-corrected chi connectivity index (χ3v) is 5.50. The fourth-order valence-electron chi connectivity index (χ4n) is 3.80. The molecule has 1 unspecified atom stereocenters. The minimum absolute atomic E-state index is 0.0172. The molecule has 0 aliphatic rings. The number of H-pyrrole nitrogens is 1. The summed E-state index contributed by atoms with van der Waals surface area (Å²) in [7, 11) is 1.63. The predicted molar refractivity (Wildman–Crippen MR) is 128 cm³/mol. The summed E-state index contributed by atoms with van der Waals surface area (Å²) in [6.07, 6.45) is 4.93. The summed E-state index contributed by atoms with van der Waals surface area (Å²) in [6, 6.07) is 22.0. The highest BCUT2D eigenvalue weighted by Crippen LogP contribution is 2.31. The molecular weight excluding hydrogens is 418 g/mol. The van der Waals surface area contributed by atoms with Crippen molar-refractivity contribution in [1.82, 2.24) is 10.3 Å². The van der Waals surface area contributed by atoms with Gasteiger partial charge in [0.2, 0.25) is 5.91 Å². The smallest absolute Gasteiger partial charge is 0.270 e. The van der Waals surface area contributed by atoms with Gasteiger partial charge >= 0.3 is 0 Å². The van der Waals surface area contributed by atoms with Crippen molar-refractivity contribution in [2.24, 2.45) is 0 Å². The first kappa shape index (κ1) is 21.8. The number of rotatable bonds is 8. The molecule has 1 atom stereocenters. The summed E-state index contributed by atoms with van der Waals surface area (Å²) >= 11 is 0. The average Bonchev–Trinajstić information content (AvgIpc) is 3.27. The van der Waals surface area contributed by atoms with Crippen molar-refractivity contribution in [1.29, 1.82) is 0 Å². The number of benzene rings is 3. The van der Waals surface area contributed by atoms with Crippen molar-refractivity contribution in [3.63, 3.8) is 0 Å². The van der Waals surface area contributed by atoms with Crippen LogP contribution >= 0.6 is 0 Å². The van der Waals surface area contributed by atoms with Crippen LogP contribution in [0.3, 0.4) is 0 Å². The molecule has 4 rings (SSSR count). The minimum atomic E-state index is -0.460. The molecule has 0 bridgehead atoms. The number of methoxy groups -OCH3 is 1. The number of para-hydroxylation sites is 1. The number of nitrogens with one attached hydrogen (secondary N) is 2. The van der Waals surface area contributed by atoms with Crippen LogP contribution in [0.25, 0.3) is 17.0 Å². The average molecular weight is 441 g/mol. The number of carbonyl (C=O) groups is 1. The molecule has 1 aromatic heterocycles. The summed E-state index contributed by atoms with van der Waals surface area (Å²) in [5.41, 5.74) is 3.73. The number of carbonyl (C=O) groups excluding carboxylic acids is 1. The number of ether oxygens (including phenoxy) is 1. The Morgan fingerprint density at radius 3 is 2.67 bits per heavy atom. The molecule has 0 saturated carbocycles. The summed E-state index contributed by atoms with van der Waals surface area (Å²) in [5.74, 6) is 0.405. The summed E-state index contributed by atoms with van der Waals surface area (Å²) in [5, 5.41) is 15.0. The maximum absolute atomic E-state index is 12.5. The number of hydrogen-bond donors (Lipinski definition) is 2. The molecule has 0 fully saturated rings. The van der Waals surface area contributed by atoms with E-state index in [1.54, 1.807) is 25.3 Å². The molecular formula is C26H23N3O4. The molecule has 33 heavy (non-hydrogen) atoms. The number of aromatic nitrogens is 1. The van der Waals surface area contributed by atoms with Crippen molar-refractivity contribution in [3.05, 3.63) is 112 Å². The normalized spacial score (nSPS) is 12.0.